The lowest BCUT2D eigenvalue weighted by molar-refractivity contribution is 0.341. The lowest BCUT2D eigenvalue weighted by atomic mass is 10.1. The van der Waals surface area contributed by atoms with Gasteiger partial charge in [0, 0.05) is 49.6 Å². The summed E-state index contributed by atoms with van der Waals surface area (Å²) in [4.78, 5) is 10.1. The predicted molar refractivity (Wildman–Crippen MR) is 158 cm³/mol. The number of nitriles is 1. The van der Waals surface area contributed by atoms with E-state index in [2.05, 4.69) is 70.4 Å². The average molecular weight is 510 g/mol. The van der Waals surface area contributed by atoms with Gasteiger partial charge in [-0.15, -0.1) is 0 Å². The zero-order chi connectivity index (χ0) is 27.4. The third-order valence-corrected chi connectivity index (χ3v) is 5.56. The molecule has 0 amide bonds. The maximum atomic E-state index is 8.57. The first kappa shape index (κ1) is 30.0. The molecule has 0 aliphatic heterocycles. The molecule has 4 aromatic rings. The van der Waals surface area contributed by atoms with E-state index in [1.807, 2.05) is 56.4 Å². The van der Waals surface area contributed by atoms with Crippen LogP contribution in [0.15, 0.2) is 97.6 Å². The van der Waals surface area contributed by atoms with Crippen molar-refractivity contribution in [2.45, 2.75) is 27.2 Å². The summed E-state index contributed by atoms with van der Waals surface area (Å²) >= 11 is 0. The number of ether oxygens (including phenoxy) is 1. The van der Waals surface area contributed by atoms with Crippen LogP contribution in [0.2, 0.25) is 0 Å². The third kappa shape index (κ3) is 10.4. The van der Waals surface area contributed by atoms with E-state index in [1.165, 1.54) is 5.56 Å². The number of para-hydroxylation sites is 1. The molecule has 6 nitrogen and oxygen atoms in total. The quantitative estimate of drug-likeness (QED) is 0.266. The van der Waals surface area contributed by atoms with Crippen molar-refractivity contribution in [1.29, 1.82) is 5.26 Å². The Morgan fingerprint density at radius 3 is 1.84 bits per heavy atom. The fraction of sp³-hybridized carbons (Fsp3) is 0.281. The molecule has 38 heavy (non-hydrogen) atoms. The highest BCUT2D eigenvalue weighted by Gasteiger charge is 2.04. The van der Waals surface area contributed by atoms with Gasteiger partial charge < -0.3 is 15.0 Å². The molecule has 6 heteroatoms. The first-order valence-electron chi connectivity index (χ1n) is 13.1. The minimum Gasteiger partial charge on any atom is -0.493 e. The fourth-order valence-corrected chi connectivity index (χ4v) is 3.57. The maximum Gasteiger partial charge on any atom is 0.127 e. The number of anilines is 1. The van der Waals surface area contributed by atoms with Crippen LogP contribution in [-0.4, -0.2) is 43.3 Å². The van der Waals surface area contributed by atoms with E-state index in [-0.39, 0.29) is 0 Å². The monoisotopic (exact) mass is 509 g/mol. The lowest BCUT2D eigenvalue weighted by Crippen LogP contribution is -2.17. The maximum absolute atomic E-state index is 8.57. The van der Waals surface area contributed by atoms with Crippen molar-refractivity contribution in [1.82, 2.24) is 15.3 Å². The number of aromatic nitrogens is 2. The molecule has 0 atom stereocenters. The average Bonchev–Trinajstić information content (AvgIpc) is 2.98. The molecule has 2 aromatic heterocycles. The number of benzene rings is 2. The molecular weight excluding hydrogens is 470 g/mol. The van der Waals surface area contributed by atoms with E-state index in [0.29, 0.717) is 13.0 Å². The minimum atomic E-state index is 0.544. The smallest absolute Gasteiger partial charge is 0.127 e. The van der Waals surface area contributed by atoms with E-state index in [4.69, 9.17) is 10.00 Å². The summed E-state index contributed by atoms with van der Waals surface area (Å²) in [6.07, 6.45) is 7.71. The van der Waals surface area contributed by atoms with Crippen molar-refractivity contribution in [3.05, 3.63) is 97.6 Å². The van der Waals surface area contributed by atoms with E-state index in [0.717, 1.165) is 47.8 Å². The van der Waals surface area contributed by atoms with E-state index in [1.54, 1.807) is 24.8 Å². The Balaban J connectivity index is 0.000000230. The Labute approximate surface area is 228 Å². The molecule has 1 N–H and O–H groups in total. The van der Waals surface area contributed by atoms with Crippen LogP contribution < -0.4 is 15.0 Å². The van der Waals surface area contributed by atoms with Crippen molar-refractivity contribution < 1.29 is 4.74 Å². The van der Waals surface area contributed by atoms with Crippen LogP contribution in [0.25, 0.3) is 22.3 Å². The van der Waals surface area contributed by atoms with Crippen LogP contribution in [-0.2, 0) is 0 Å². The van der Waals surface area contributed by atoms with Gasteiger partial charge in [0.2, 0.25) is 0 Å². The van der Waals surface area contributed by atoms with Crippen LogP contribution >= 0.6 is 0 Å². The van der Waals surface area contributed by atoms with Gasteiger partial charge in [-0.3, -0.25) is 9.97 Å². The Morgan fingerprint density at radius 2 is 1.32 bits per heavy atom. The zero-order valence-electron chi connectivity index (χ0n) is 23.0. The molecule has 0 radical (unpaired) electrons. The molecule has 0 saturated carbocycles. The second kappa shape index (κ2) is 18.1. The molecule has 0 aliphatic carbocycles. The number of rotatable bonds is 9. The molecule has 2 heterocycles. The second-order valence-corrected chi connectivity index (χ2v) is 8.23. The van der Waals surface area contributed by atoms with Crippen LogP contribution in [0.4, 0.5) is 5.69 Å². The first-order chi connectivity index (χ1) is 18.6. The standard InChI is InChI=1S/C15H15N3.C13H13NO.C4H11N/c1-18(12-2-9-16)15-5-3-13(4-6-15)14-7-10-17-11-8-14;1-2-15-13-6-4-3-5-12(13)11-7-9-14-10-8-11;1-3-5-4-2/h3-8,10-11H,2,12H2,1H3;3-10H,2H2,1H3;5H,3-4H2,1-2H3. The van der Waals surface area contributed by atoms with Crippen LogP contribution in [0, 0.1) is 11.3 Å². The second-order valence-electron chi connectivity index (χ2n) is 8.23. The molecule has 0 spiro atoms. The van der Waals surface area contributed by atoms with Crippen molar-refractivity contribution in [3.63, 3.8) is 0 Å². The molecule has 0 fully saturated rings. The van der Waals surface area contributed by atoms with Gasteiger partial charge in [-0.25, -0.2) is 0 Å². The molecular formula is C32H39N5O. The number of nitrogens with zero attached hydrogens (tertiary/aromatic N) is 4. The summed E-state index contributed by atoms with van der Waals surface area (Å²) in [7, 11) is 2.00. The zero-order valence-corrected chi connectivity index (χ0v) is 23.0. The van der Waals surface area contributed by atoms with Gasteiger partial charge >= 0.3 is 0 Å². The van der Waals surface area contributed by atoms with Crippen molar-refractivity contribution >= 4 is 5.69 Å². The third-order valence-electron chi connectivity index (χ3n) is 5.56. The van der Waals surface area contributed by atoms with Crippen LogP contribution in [0.1, 0.15) is 27.2 Å². The van der Waals surface area contributed by atoms with Gasteiger partial charge in [-0.2, -0.15) is 5.26 Å². The molecule has 4 rings (SSSR count). The largest absolute Gasteiger partial charge is 0.493 e. The first-order valence-corrected chi connectivity index (χ1v) is 13.1. The number of hydrogen-bond acceptors (Lipinski definition) is 6. The molecule has 0 unspecified atom stereocenters. The highest BCUT2D eigenvalue weighted by Crippen LogP contribution is 2.29. The fourth-order valence-electron chi connectivity index (χ4n) is 3.57. The predicted octanol–water partition coefficient (Wildman–Crippen LogP) is 6.86. The van der Waals surface area contributed by atoms with E-state index in [9.17, 15) is 0 Å². The molecule has 0 aliphatic rings. The van der Waals surface area contributed by atoms with Crippen molar-refractivity contribution in [3.8, 4) is 34.1 Å². The topological polar surface area (TPSA) is 74.1 Å². The molecule has 0 saturated heterocycles. The normalized spacial score (nSPS) is 9.66. The van der Waals surface area contributed by atoms with Crippen molar-refractivity contribution in [2.75, 3.05) is 38.2 Å². The lowest BCUT2D eigenvalue weighted by Gasteiger charge is -2.17. The van der Waals surface area contributed by atoms with Crippen molar-refractivity contribution in [2.24, 2.45) is 0 Å². The highest BCUT2D eigenvalue weighted by atomic mass is 16.5. The van der Waals surface area contributed by atoms with Crippen LogP contribution in [0.5, 0.6) is 5.75 Å². The summed E-state index contributed by atoms with van der Waals surface area (Å²) in [6, 6.07) is 26.5. The van der Waals surface area contributed by atoms with Gasteiger partial charge in [0.25, 0.3) is 0 Å². The van der Waals surface area contributed by atoms with Gasteiger partial charge in [0.1, 0.15) is 5.75 Å². The molecule has 198 valence electrons. The van der Waals surface area contributed by atoms with E-state index >= 15 is 0 Å². The van der Waals surface area contributed by atoms with Crippen LogP contribution in [0.3, 0.4) is 0 Å². The molecule has 0 bridgehead atoms. The summed E-state index contributed by atoms with van der Waals surface area (Å²) in [5.41, 5.74) is 5.71. The Kier molecular flexibility index (Phi) is 14.3. The van der Waals surface area contributed by atoms with E-state index < -0.39 is 0 Å². The molecule has 2 aromatic carbocycles. The SMILES string of the molecule is CCNCC.CCOc1ccccc1-c1ccncc1.CN(CCC#N)c1ccc(-c2ccncc2)cc1. The Bertz CT molecular complexity index is 1190. The summed E-state index contributed by atoms with van der Waals surface area (Å²) in [5.74, 6) is 0.922. The minimum absolute atomic E-state index is 0.544. The number of hydrogen-bond donors (Lipinski definition) is 1. The van der Waals surface area contributed by atoms with Gasteiger partial charge in [-0.1, -0.05) is 44.2 Å². The highest BCUT2D eigenvalue weighted by molar-refractivity contribution is 5.69. The number of pyridine rings is 2. The number of nitrogens with one attached hydrogen (secondary N) is 1. The summed E-state index contributed by atoms with van der Waals surface area (Å²) in [5, 5.41) is 11.7. The Morgan fingerprint density at radius 1 is 0.763 bits per heavy atom. The van der Waals surface area contributed by atoms with Gasteiger partial charge in [0.15, 0.2) is 0 Å². The Hall–Kier alpha value is -4.21. The van der Waals surface area contributed by atoms with Gasteiger partial charge in [0.05, 0.1) is 19.1 Å². The van der Waals surface area contributed by atoms with Gasteiger partial charge in [-0.05, 0) is 79.2 Å². The summed E-state index contributed by atoms with van der Waals surface area (Å²) in [6.45, 7) is 9.82. The summed E-state index contributed by atoms with van der Waals surface area (Å²) < 4.78 is 5.57.